The molecule has 1 fully saturated rings. The number of anilines is 1. The van der Waals surface area contributed by atoms with Crippen LogP contribution >= 0.6 is 36.4 Å². The van der Waals surface area contributed by atoms with Crippen molar-refractivity contribution in [2.24, 2.45) is 0 Å². The molecule has 1 aromatic carbocycles. The molecule has 1 aliphatic rings. The number of benzene rings is 1. The molecule has 26 heavy (non-hydrogen) atoms. The zero-order valence-corrected chi connectivity index (χ0v) is 16.9. The van der Waals surface area contributed by atoms with Crippen LogP contribution in [-0.4, -0.2) is 52.8 Å². The summed E-state index contributed by atoms with van der Waals surface area (Å²) in [4.78, 5) is 14.5. The Balaban J connectivity index is 0.00000169. The number of amides is 1. The molecule has 9 heteroatoms. The van der Waals surface area contributed by atoms with E-state index in [0.717, 1.165) is 25.2 Å². The fourth-order valence-electron chi connectivity index (χ4n) is 2.84. The number of hydrogen-bond donors (Lipinski definition) is 2. The molecule has 1 saturated heterocycles. The highest BCUT2D eigenvalue weighted by atomic mass is 35.5. The summed E-state index contributed by atoms with van der Waals surface area (Å²) in [5.41, 5.74) is 0.967. The van der Waals surface area contributed by atoms with E-state index in [-0.39, 0.29) is 30.7 Å². The molecule has 144 valence electrons. The van der Waals surface area contributed by atoms with Gasteiger partial charge in [-0.1, -0.05) is 29.8 Å². The van der Waals surface area contributed by atoms with Crippen molar-refractivity contribution in [1.29, 1.82) is 0 Å². The van der Waals surface area contributed by atoms with Gasteiger partial charge in [0.05, 0.1) is 19.3 Å². The number of rotatable bonds is 5. The van der Waals surface area contributed by atoms with Crippen LogP contribution < -0.4 is 10.6 Å². The Hall–Kier alpha value is -1.31. The number of piperazine rings is 1. The number of aromatic nitrogens is 2. The summed E-state index contributed by atoms with van der Waals surface area (Å²) in [6.07, 6.45) is 1.68. The molecule has 0 radical (unpaired) electrons. The monoisotopic (exact) mass is 419 g/mol. The second kappa shape index (κ2) is 10.7. The average Bonchev–Trinajstić information content (AvgIpc) is 2.99. The molecular weight excluding hydrogens is 397 g/mol. The lowest BCUT2D eigenvalue weighted by molar-refractivity contribution is -0.118. The van der Waals surface area contributed by atoms with E-state index in [1.165, 1.54) is 0 Å². The van der Waals surface area contributed by atoms with E-state index in [9.17, 15) is 4.79 Å². The van der Waals surface area contributed by atoms with Crippen LogP contribution in [0.4, 0.5) is 5.82 Å². The van der Waals surface area contributed by atoms with E-state index in [1.807, 2.05) is 24.3 Å². The summed E-state index contributed by atoms with van der Waals surface area (Å²) in [5, 5.41) is 11.3. The van der Waals surface area contributed by atoms with Crippen molar-refractivity contribution in [2.75, 3.05) is 31.5 Å². The molecule has 6 nitrogen and oxygen atoms in total. The third-order valence-electron chi connectivity index (χ3n) is 4.25. The molecule has 2 N–H and O–H groups in total. The maximum absolute atomic E-state index is 12.4. The van der Waals surface area contributed by atoms with Crippen molar-refractivity contribution in [3.05, 3.63) is 47.1 Å². The van der Waals surface area contributed by atoms with E-state index >= 15 is 0 Å². The first-order valence-corrected chi connectivity index (χ1v) is 8.51. The smallest absolute Gasteiger partial charge is 0.239 e. The lowest BCUT2D eigenvalue weighted by atomic mass is 10.2. The molecule has 2 aromatic rings. The minimum absolute atomic E-state index is 0. The fraction of sp³-hybridized carbons (Fsp3) is 0.412. The first-order chi connectivity index (χ1) is 11.6. The van der Waals surface area contributed by atoms with Crippen LogP contribution in [0, 0.1) is 0 Å². The van der Waals surface area contributed by atoms with Crippen molar-refractivity contribution >= 4 is 48.1 Å². The molecule has 2 heterocycles. The molecule has 0 unspecified atom stereocenters. The van der Waals surface area contributed by atoms with Gasteiger partial charge in [-0.25, -0.2) is 4.68 Å². The van der Waals surface area contributed by atoms with Gasteiger partial charge in [-0.05, 0) is 18.6 Å². The Morgan fingerprint density at radius 2 is 2.12 bits per heavy atom. The predicted octanol–water partition coefficient (Wildman–Crippen LogP) is 2.66. The number of nitrogens with zero attached hydrogens (tertiary/aromatic N) is 3. The topological polar surface area (TPSA) is 62.2 Å². The van der Waals surface area contributed by atoms with Crippen LogP contribution in [0.1, 0.15) is 12.5 Å². The zero-order valence-electron chi connectivity index (χ0n) is 14.5. The highest BCUT2D eigenvalue weighted by molar-refractivity contribution is 6.31. The van der Waals surface area contributed by atoms with Crippen molar-refractivity contribution < 1.29 is 4.79 Å². The molecule has 1 aliphatic heterocycles. The molecule has 1 aromatic heterocycles. The van der Waals surface area contributed by atoms with Gasteiger partial charge in [0, 0.05) is 36.8 Å². The van der Waals surface area contributed by atoms with Crippen molar-refractivity contribution in [1.82, 2.24) is 20.0 Å². The number of halogens is 3. The van der Waals surface area contributed by atoms with Crippen molar-refractivity contribution in [3.63, 3.8) is 0 Å². The van der Waals surface area contributed by atoms with E-state index in [1.54, 1.807) is 16.9 Å². The van der Waals surface area contributed by atoms with Gasteiger partial charge in [-0.15, -0.1) is 24.8 Å². The summed E-state index contributed by atoms with van der Waals surface area (Å²) in [6.45, 7) is 5.75. The summed E-state index contributed by atoms with van der Waals surface area (Å²) >= 11 is 6.20. The predicted molar refractivity (Wildman–Crippen MR) is 110 cm³/mol. The summed E-state index contributed by atoms with van der Waals surface area (Å²) in [5.74, 6) is 0.660. The minimum atomic E-state index is -0.0235. The standard InChI is InChI=1S/C17H22ClN5O.2ClH/c1-13-10-19-8-9-22(13)12-17(24)21-16-6-7-20-23(16)11-14-4-2-3-5-15(14)18;;/h2-7,13,19H,8-12H2,1H3,(H,21,24);2*1H/t13-;;/m0../s1. The third kappa shape index (κ3) is 5.86. The van der Waals surface area contributed by atoms with Crippen LogP contribution in [0.15, 0.2) is 36.5 Å². The first kappa shape index (κ1) is 22.7. The lowest BCUT2D eigenvalue weighted by Crippen LogP contribution is -2.52. The van der Waals surface area contributed by atoms with Crippen molar-refractivity contribution in [2.45, 2.75) is 19.5 Å². The quantitative estimate of drug-likeness (QED) is 0.780. The minimum Gasteiger partial charge on any atom is -0.314 e. The number of carbonyl (C=O) groups excluding carboxylic acids is 1. The number of hydrogen-bond acceptors (Lipinski definition) is 4. The molecule has 0 spiro atoms. The van der Waals surface area contributed by atoms with Crippen molar-refractivity contribution in [3.8, 4) is 0 Å². The molecule has 0 aliphatic carbocycles. The molecule has 0 saturated carbocycles. The third-order valence-corrected chi connectivity index (χ3v) is 4.62. The molecule has 3 rings (SSSR count). The van der Waals surface area contributed by atoms with Gasteiger partial charge in [0.25, 0.3) is 0 Å². The van der Waals surface area contributed by atoms with Gasteiger partial charge in [0.15, 0.2) is 0 Å². The van der Waals surface area contributed by atoms with Gasteiger partial charge in [-0.3, -0.25) is 9.69 Å². The van der Waals surface area contributed by atoms with Gasteiger partial charge >= 0.3 is 0 Å². The number of carbonyl (C=O) groups is 1. The van der Waals surface area contributed by atoms with Gasteiger partial charge in [-0.2, -0.15) is 5.10 Å². The molecule has 0 bridgehead atoms. The second-order valence-electron chi connectivity index (χ2n) is 6.04. The van der Waals surface area contributed by atoms with Gasteiger partial charge in [0.2, 0.25) is 5.91 Å². The van der Waals surface area contributed by atoms with E-state index in [2.05, 4.69) is 27.6 Å². The maximum Gasteiger partial charge on any atom is 0.239 e. The van der Waals surface area contributed by atoms with Crippen LogP contribution in [0.2, 0.25) is 5.02 Å². The van der Waals surface area contributed by atoms with E-state index in [4.69, 9.17) is 11.6 Å². The zero-order chi connectivity index (χ0) is 16.9. The van der Waals surface area contributed by atoms with Gasteiger partial charge in [0.1, 0.15) is 5.82 Å². The molecular formula is C17H24Cl3N5O. The van der Waals surface area contributed by atoms with Crippen LogP contribution in [0.25, 0.3) is 0 Å². The lowest BCUT2D eigenvalue weighted by Gasteiger charge is -2.33. The van der Waals surface area contributed by atoms with E-state index < -0.39 is 0 Å². The Kier molecular flexibility index (Phi) is 9.39. The highest BCUT2D eigenvalue weighted by Gasteiger charge is 2.20. The van der Waals surface area contributed by atoms with Gasteiger partial charge < -0.3 is 10.6 Å². The average molecular weight is 421 g/mol. The number of nitrogens with one attached hydrogen (secondary N) is 2. The normalized spacial score (nSPS) is 17.1. The maximum atomic E-state index is 12.4. The van der Waals surface area contributed by atoms with Crippen LogP contribution in [0.5, 0.6) is 0 Å². The Bertz CT molecular complexity index is 709. The Morgan fingerprint density at radius 1 is 1.35 bits per heavy atom. The largest absolute Gasteiger partial charge is 0.314 e. The highest BCUT2D eigenvalue weighted by Crippen LogP contribution is 2.18. The van der Waals surface area contributed by atoms with Crippen LogP contribution in [0.3, 0.4) is 0 Å². The Morgan fingerprint density at radius 3 is 2.85 bits per heavy atom. The molecule has 1 amide bonds. The van der Waals surface area contributed by atoms with E-state index in [0.29, 0.717) is 30.0 Å². The summed E-state index contributed by atoms with van der Waals surface area (Å²) < 4.78 is 1.75. The SMILES string of the molecule is C[C@H]1CNCCN1CC(=O)Nc1ccnn1Cc1ccccc1Cl.Cl.Cl. The first-order valence-electron chi connectivity index (χ1n) is 8.13. The Labute approximate surface area is 171 Å². The van der Waals surface area contributed by atoms with Crippen LogP contribution in [-0.2, 0) is 11.3 Å². The fourth-order valence-corrected chi connectivity index (χ4v) is 3.03. The molecule has 1 atom stereocenters. The summed E-state index contributed by atoms with van der Waals surface area (Å²) in [7, 11) is 0. The second-order valence-corrected chi connectivity index (χ2v) is 6.44. The summed E-state index contributed by atoms with van der Waals surface area (Å²) in [6, 6.07) is 9.80.